The Morgan fingerprint density at radius 3 is 2.57 bits per heavy atom. The molecule has 1 heterocycles. The molecule has 4 nitrogen and oxygen atoms in total. The average Bonchev–Trinajstić information content (AvgIpc) is 2.79. The Hall–Kier alpha value is -3.34. The zero-order valence-electron chi connectivity index (χ0n) is 17.0. The van der Waals surface area contributed by atoms with Crippen LogP contribution in [0.3, 0.4) is 0 Å². The first-order valence-electron chi connectivity index (χ1n) is 10.0. The van der Waals surface area contributed by atoms with Gasteiger partial charge in [0.2, 0.25) is 0 Å². The fraction of sp³-hybridized carbons (Fsp3) is 0.240. The second-order valence-corrected chi connectivity index (χ2v) is 7.21. The highest BCUT2D eigenvalue weighted by Gasteiger charge is 2.22. The first kappa shape index (κ1) is 20.0. The number of ether oxygens (including phenoxy) is 3. The summed E-state index contributed by atoms with van der Waals surface area (Å²) < 4.78 is 31.0. The van der Waals surface area contributed by atoms with Crippen LogP contribution in [0.1, 0.15) is 37.0 Å². The predicted octanol–water partition coefficient (Wildman–Crippen LogP) is 5.88. The van der Waals surface area contributed by atoms with Crippen LogP contribution in [0, 0.1) is 5.82 Å². The molecule has 4 rings (SSSR count). The number of fused-ring (bicyclic) bond motifs is 1. The Morgan fingerprint density at radius 1 is 1.07 bits per heavy atom. The molecule has 0 N–H and O–H groups in total. The van der Waals surface area contributed by atoms with Crippen molar-refractivity contribution in [3.05, 3.63) is 77.6 Å². The monoisotopic (exact) mass is 406 g/mol. The molecule has 0 fully saturated rings. The molecule has 3 aromatic rings. The number of halogens is 1. The number of rotatable bonds is 5. The van der Waals surface area contributed by atoms with Gasteiger partial charge in [-0.1, -0.05) is 37.3 Å². The predicted molar refractivity (Wildman–Crippen MR) is 112 cm³/mol. The highest BCUT2D eigenvalue weighted by atomic mass is 19.1. The van der Waals surface area contributed by atoms with E-state index in [1.54, 1.807) is 38.3 Å². The van der Waals surface area contributed by atoms with Crippen LogP contribution in [-0.2, 0) is 11.2 Å². The van der Waals surface area contributed by atoms with Gasteiger partial charge in [0.25, 0.3) is 0 Å². The molecule has 0 aliphatic carbocycles. The van der Waals surface area contributed by atoms with Gasteiger partial charge in [-0.15, -0.1) is 0 Å². The van der Waals surface area contributed by atoms with Crippen molar-refractivity contribution in [2.45, 2.75) is 32.3 Å². The van der Waals surface area contributed by atoms with Crippen molar-refractivity contribution >= 4 is 5.97 Å². The van der Waals surface area contributed by atoms with E-state index in [1.807, 2.05) is 30.3 Å². The third kappa shape index (κ3) is 4.15. The van der Waals surface area contributed by atoms with Gasteiger partial charge >= 0.3 is 5.97 Å². The number of carbonyl (C=O) groups is 1. The van der Waals surface area contributed by atoms with Crippen LogP contribution < -0.4 is 14.2 Å². The zero-order chi connectivity index (χ0) is 21.1. The number of hydrogen-bond acceptors (Lipinski definition) is 4. The summed E-state index contributed by atoms with van der Waals surface area (Å²) in [6, 6.07) is 17.9. The van der Waals surface area contributed by atoms with E-state index in [1.165, 1.54) is 6.07 Å². The molecule has 0 saturated carbocycles. The fourth-order valence-corrected chi connectivity index (χ4v) is 3.58. The minimum Gasteiger partial charge on any atom is -0.497 e. The summed E-state index contributed by atoms with van der Waals surface area (Å²) in [4.78, 5) is 11.6. The van der Waals surface area contributed by atoms with Crippen LogP contribution in [0.5, 0.6) is 17.2 Å². The lowest BCUT2D eigenvalue weighted by atomic mass is 9.95. The molecule has 0 bridgehead atoms. The Morgan fingerprint density at radius 2 is 1.83 bits per heavy atom. The second-order valence-electron chi connectivity index (χ2n) is 7.21. The molecule has 5 heteroatoms. The van der Waals surface area contributed by atoms with E-state index in [4.69, 9.17) is 14.2 Å². The Kier molecular flexibility index (Phi) is 5.70. The first-order chi connectivity index (χ1) is 14.6. The standard InChI is InChI=1S/C25H23FO4/c1-3-25(27)29-20-10-8-18-9-13-23(30-24(18)15-20)17-6-4-16(5-7-17)21-14-19(28-2)11-12-22(21)26/h4-8,10-12,14-15,23H,3,9,13H2,1-2H3. The Labute approximate surface area is 175 Å². The van der Waals surface area contributed by atoms with E-state index in [9.17, 15) is 9.18 Å². The minimum atomic E-state index is -0.291. The topological polar surface area (TPSA) is 44.8 Å². The molecule has 1 atom stereocenters. The van der Waals surface area contributed by atoms with Gasteiger partial charge in [-0.25, -0.2) is 4.39 Å². The molecular weight excluding hydrogens is 383 g/mol. The molecule has 0 aromatic heterocycles. The molecule has 1 aliphatic heterocycles. The highest BCUT2D eigenvalue weighted by molar-refractivity contribution is 5.72. The molecule has 0 radical (unpaired) electrons. The molecule has 0 saturated heterocycles. The van der Waals surface area contributed by atoms with Gasteiger partial charge in [0, 0.05) is 18.1 Å². The summed E-state index contributed by atoms with van der Waals surface area (Å²) in [5.41, 5.74) is 3.39. The van der Waals surface area contributed by atoms with E-state index >= 15 is 0 Å². The minimum absolute atomic E-state index is 0.112. The van der Waals surface area contributed by atoms with Crippen molar-refractivity contribution < 1.29 is 23.4 Å². The molecule has 0 amide bonds. The van der Waals surface area contributed by atoms with Gasteiger partial charge in [0.15, 0.2) is 0 Å². The van der Waals surface area contributed by atoms with Crippen LogP contribution in [-0.4, -0.2) is 13.1 Å². The van der Waals surface area contributed by atoms with Gasteiger partial charge in [-0.05, 0) is 53.8 Å². The summed E-state index contributed by atoms with van der Waals surface area (Å²) in [6.45, 7) is 1.76. The largest absolute Gasteiger partial charge is 0.497 e. The summed E-state index contributed by atoms with van der Waals surface area (Å²) in [6.07, 6.45) is 1.92. The van der Waals surface area contributed by atoms with Crippen LogP contribution >= 0.6 is 0 Å². The van der Waals surface area contributed by atoms with E-state index in [0.29, 0.717) is 23.5 Å². The molecular formula is C25H23FO4. The van der Waals surface area contributed by atoms with Crippen LogP contribution in [0.15, 0.2) is 60.7 Å². The SMILES string of the molecule is CCC(=O)Oc1ccc2c(c1)OC(c1ccc(-c3cc(OC)ccc3F)cc1)CC2. The maximum atomic E-state index is 14.2. The lowest BCUT2D eigenvalue weighted by molar-refractivity contribution is -0.134. The van der Waals surface area contributed by atoms with Crippen molar-refractivity contribution in [2.75, 3.05) is 7.11 Å². The molecule has 0 spiro atoms. The number of benzene rings is 3. The van der Waals surface area contributed by atoms with E-state index in [2.05, 4.69) is 0 Å². The zero-order valence-corrected chi connectivity index (χ0v) is 17.0. The van der Waals surface area contributed by atoms with Crippen molar-refractivity contribution in [1.82, 2.24) is 0 Å². The lowest BCUT2D eigenvalue weighted by Crippen LogP contribution is -2.15. The highest BCUT2D eigenvalue weighted by Crippen LogP contribution is 2.38. The van der Waals surface area contributed by atoms with Crippen LogP contribution in [0.2, 0.25) is 0 Å². The third-order valence-electron chi connectivity index (χ3n) is 5.27. The van der Waals surface area contributed by atoms with E-state index in [-0.39, 0.29) is 17.9 Å². The van der Waals surface area contributed by atoms with Crippen LogP contribution in [0.4, 0.5) is 4.39 Å². The molecule has 30 heavy (non-hydrogen) atoms. The maximum absolute atomic E-state index is 14.2. The second kappa shape index (κ2) is 8.57. The summed E-state index contributed by atoms with van der Waals surface area (Å²) in [7, 11) is 1.56. The van der Waals surface area contributed by atoms with Crippen molar-refractivity contribution in [1.29, 1.82) is 0 Å². The number of hydrogen-bond donors (Lipinski definition) is 0. The van der Waals surface area contributed by atoms with Gasteiger partial charge in [-0.2, -0.15) is 0 Å². The first-order valence-corrected chi connectivity index (χ1v) is 10.0. The van der Waals surface area contributed by atoms with Gasteiger partial charge in [-0.3, -0.25) is 4.79 Å². The molecule has 3 aromatic carbocycles. The summed E-state index contributed by atoms with van der Waals surface area (Å²) in [5.74, 6) is 1.27. The maximum Gasteiger partial charge on any atom is 0.310 e. The number of esters is 1. The van der Waals surface area contributed by atoms with E-state index < -0.39 is 0 Å². The van der Waals surface area contributed by atoms with Crippen molar-refractivity contribution in [3.8, 4) is 28.4 Å². The molecule has 154 valence electrons. The lowest BCUT2D eigenvalue weighted by Gasteiger charge is -2.27. The van der Waals surface area contributed by atoms with E-state index in [0.717, 1.165) is 35.3 Å². The quantitative estimate of drug-likeness (QED) is 0.392. The average molecular weight is 406 g/mol. The van der Waals surface area contributed by atoms with Crippen molar-refractivity contribution in [3.63, 3.8) is 0 Å². The fourth-order valence-electron chi connectivity index (χ4n) is 3.58. The normalized spacial score (nSPS) is 15.1. The number of carbonyl (C=O) groups excluding carboxylic acids is 1. The smallest absolute Gasteiger partial charge is 0.310 e. The Bertz CT molecular complexity index is 1060. The summed E-state index contributed by atoms with van der Waals surface area (Å²) in [5, 5.41) is 0. The molecule has 1 unspecified atom stereocenters. The molecule has 1 aliphatic rings. The number of aryl methyl sites for hydroxylation is 1. The van der Waals surface area contributed by atoms with Gasteiger partial charge < -0.3 is 14.2 Å². The summed E-state index contributed by atoms with van der Waals surface area (Å²) >= 11 is 0. The Balaban J connectivity index is 1.53. The number of methoxy groups -OCH3 is 1. The van der Waals surface area contributed by atoms with Gasteiger partial charge in [0.1, 0.15) is 29.2 Å². The van der Waals surface area contributed by atoms with Crippen molar-refractivity contribution in [2.24, 2.45) is 0 Å². The van der Waals surface area contributed by atoms with Gasteiger partial charge in [0.05, 0.1) is 7.11 Å². The third-order valence-corrected chi connectivity index (χ3v) is 5.27. The van der Waals surface area contributed by atoms with Crippen LogP contribution in [0.25, 0.3) is 11.1 Å².